The van der Waals surface area contributed by atoms with Crippen LogP contribution in [0, 0.1) is 18.8 Å². The molecular weight excluding hydrogens is 1120 g/mol. The van der Waals surface area contributed by atoms with Gasteiger partial charge in [-0.15, -0.1) is 0 Å². The number of benzene rings is 3. The molecule has 0 aliphatic carbocycles. The van der Waals surface area contributed by atoms with E-state index in [4.69, 9.17) is 9.47 Å². The Bertz CT molecular complexity index is 2460. The van der Waals surface area contributed by atoms with Gasteiger partial charge in [0.1, 0.15) is 0 Å². The van der Waals surface area contributed by atoms with Crippen LogP contribution in [0.1, 0.15) is 318 Å². The molecule has 3 aromatic carbocycles. The van der Waals surface area contributed by atoms with Crippen molar-refractivity contribution in [1.29, 1.82) is 0 Å². The molecule has 0 saturated carbocycles. The molecule has 0 radical (unpaired) electrons. The zero-order valence-electron chi connectivity index (χ0n) is 53.0. The first-order valence-corrected chi connectivity index (χ1v) is 43.5. The van der Waals surface area contributed by atoms with Gasteiger partial charge in [0.2, 0.25) is 0 Å². The fraction of sp³-hybridized carbons (Fsp3) is 0.726. The molecule has 80 heavy (non-hydrogen) atoms. The van der Waals surface area contributed by atoms with Crippen LogP contribution in [-0.4, -0.2) is 43.5 Å². The molecule has 0 aliphatic heterocycles. The summed E-state index contributed by atoms with van der Waals surface area (Å²) in [6.45, 7) is 19.5. The molecule has 2 heterocycles. The normalized spacial score (nSPS) is 12.9. The van der Waals surface area contributed by atoms with E-state index in [9.17, 15) is 4.79 Å². The zero-order valence-corrected chi connectivity index (χ0v) is 57.5. The minimum atomic E-state index is -2.94. The van der Waals surface area contributed by atoms with E-state index in [0.29, 0.717) is 30.6 Å². The number of unbranched alkanes of at least 4 members (excludes halogenated alkanes) is 27. The summed E-state index contributed by atoms with van der Waals surface area (Å²) in [6, 6.07) is 13.8. The average Bonchev–Trinajstić information content (AvgIpc) is 4.21. The summed E-state index contributed by atoms with van der Waals surface area (Å²) >= 11 is 0.883. The van der Waals surface area contributed by atoms with Crippen LogP contribution >= 0.6 is 22.7 Å². The molecule has 5 aromatic rings. The molecule has 0 fully saturated rings. The third kappa shape index (κ3) is 22.7. The number of thiophene rings is 2. The molecule has 0 spiro atoms. The number of hydrogen-bond acceptors (Lipinski definition) is 6. The number of hydrogen-bond donors (Lipinski definition) is 0. The fourth-order valence-electron chi connectivity index (χ4n) is 13.1. The predicted octanol–water partition coefficient (Wildman–Crippen LogP) is 24.9. The van der Waals surface area contributed by atoms with Crippen molar-refractivity contribution in [3.8, 4) is 0 Å². The van der Waals surface area contributed by atoms with E-state index in [1.54, 1.807) is 14.2 Å². The van der Waals surface area contributed by atoms with Gasteiger partial charge in [-0.3, -0.25) is 0 Å². The van der Waals surface area contributed by atoms with Gasteiger partial charge in [-0.05, 0) is 12.8 Å². The second-order valence-electron chi connectivity index (χ2n) is 25.3. The summed E-state index contributed by atoms with van der Waals surface area (Å²) in [5.41, 5.74) is 1.45. The quantitative estimate of drug-likeness (QED) is 0.0169. The first-order chi connectivity index (χ1) is 39.2. The van der Waals surface area contributed by atoms with Crippen LogP contribution in [0.4, 0.5) is 0 Å². The van der Waals surface area contributed by atoms with E-state index in [1.807, 2.05) is 11.3 Å². The van der Waals surface area contributed by atoms with Gasteiger partial charge in [0.05, 0.1) is 0 Å². The minimum absolute atomic E-state index is 0.144. The first kappa shape index (κ1) is 68.6. The summed E-state index contributed by atoms with van der Waals surface area (Å²) in [7, 11) is 0. The SMILES string of the molecule is CCCCCCCCCCC(CCCCCCCC)COC(=O)c1cc2cc3c(cc(C(=O)OCC(CCCCCCCC)CCCCCCCCCC)c4c[c]([Sn]([CH2]CCC)([CH2]CCC)[CH2]CCC)sc43)cc2c2sc(C)cc12. The Morgan fingerprint density at radius 3 is 1.04 bits per heavy atom. The Kier molecular flexibility index (Phi) is 34.5. The van der Waals surface area contributed by atoms with Gasteiger partial charge in [-0.1, -0.05) is 169 Å². The Balaban J connectivity index is 1.51. The number of ether oxygens (including phenoxy) is 2. The van der Waals surface area contributed by atoms with Crippen molar-refractivity contribution in [3.05, 3.63) is 52.4 Å². The maximum atomic E-state index is 15.0. The molecule has 0 bridgehead atoms. The molecule has 2 unspecified atom stereocenters. The topological polar surface area (TPSA) is 52.6 Å². The van der Waals surface area contributed by atoms with Crippen LogP contribution in [0.25, 0.3) is 41.7 Å². The van der Waals surface area contributed by atoms with Gasteiger partial charge in [0.15, 0.2) is 0 Å². The van der Waals surface area contributed by atoms with Crippen LogP contribution in [0.15, 0.2) is 36.4 Å². The van der Waals surface area contributed by atoms with E-state index in [2.05, 4.69) is 91.8 Å². The number of carbonyl (C=O) groups is 2. The third-order valence-electron chi connectivity index (χ3n) is 18.2. The number of carbonyl (C=O) groups excluding carboxylic acids is 2. The summed E-state index contributed by atoms with van der Waals surface area (Å²) < 4.78 is 21.3. The molecule has 7 heteroatoms. The van der Waals surface area contributed by atoms with Gasteiger partial charge in [-0.25, -0.2) is 0 Å². The molecule has 0 amide bonds. The molecule has 450 valence electrons. The molecule has 0 saturated heterocycles. The Morgan fingerprint density at radius 2 is 0.688 bits per heavy atom. The van der Waals surface area contributed by atoms with E-state index >= 15 is 4.79 Å². The van der Waals surface area contributed by atoms with Gasteiger partial charge >= 0.3 is 325 Å². The number of esters is 2. The Morgan fingerprint density at radius 1 is 0.375 bits per heavy atom. The molecule has 0 N–H and O–H groups in total. The van der Waals surface area contributed by atoms with Crippen molar-refractivity contribution in [1.82, 2.24) is 0 Å². The number of rotatable bonds is 48. The van der Waals surface area contributed by atoms with Gasteiger partial charge in [-0.2, -0.15) is 0 Å². The van der Waals surface area contributed by atoms with Crippen molar-refractivity contribution in [2.24, 2.45) is 11.8 Å². The number of fused-ring (bicyclic) bond motifs is 6. The van der Waals surface area contributed by atoms with Crippen LogP contribution in [0.3, 0.4) is 0 Å². The van der Waals surface area contributed by atoms with Crippen LogP contribution in [-0.2, 0) is 9.47 Å². The Hall–Kier alpha value is -2.16. The summed E-state index contributed by atoms with van der Waals surface area (Å²) in [5.74, 6) is 0.483. The monoisotopic (exact) mass is 1240 g/mol. The molecule has 2 aromatic heterocycles. The fourth-order valence-corrected chi connectivity index (χ4v) is 34.4. The van der Waals surface area contributed by atoms with E-state index in [0.717, 1.165) is 62.9 Å². The van der Waals surface area contributed by atoms with E-state index in [1.165, 1.54) is 247 Å². The van der Waals surface area contributed by atoms with E-state index in [-0.39, 0.29) is 11.9 Å². The molecule has 2 atom stereocenters. The van der Waals surface area contributed by atoms with Crippen LogP contribution in [0.5, 0.6) is 0 Å². The molecule has 0 aliphatic rings. The summed E-state index contributed by atoms with van der Waals surface area (Å²) in [5, 5.41) is 6.64. The van der Waals surface area contributed by atoms with Gasteiger partial charge in [0.25, 0.3) is 0 Å². The zero-order chi connectivity index (χ0) is 57.2. The first-order valence-electron chi connectivity index (χ1n) is 34.4. The molecular formula is C73H118O4S2Sn. The van der Waals surface area contributed by atoms with Crippen molar-refractivity contribution < 1.29 is 19.1 Å². The van der Waals surface area contributed by atoms with Crippen molar-refractivity contribution in [2.75, 3.05) is 13.2 Å². The molecule has 4 nitrogen and oxygen atoms in total. The van der Waals surface area contributed by atoms with Crippen molar-refractivity contribution in [2.45, 2.75) is 313 Å². The van der Waals surface area contributed by atoms with E-state index < -0.39 is 18.4 Å². The second kappa shape index (κ2) is 40.2. The standard InChI is InChI=1S/C61H91O4S2.3C4H9.Sn/c1-6-10-14-18-22-24-28-32-36-48(34-30-26-20-16-12-8-3)45-64-60(62)56-43-50-42-54-51(41-53(50)58-52(56)38-39-66-58)44-57(55-40-47(5)67-59(54)55)61(63)65-46-49(35-31-27-21-17-13-9-4)37-33-29-25-23-19-15-11-7-2;3*1-3-4-2;/h38,40-44,48-49H,6-37,45-46H2,1-5H3;3*1,3-4H2,2H3;. The summed E-state index contributed by atoms with van der Waals surface area (Å²) in [6.07, 6.45) is 48.7. The van der Waals surface area contributed by atoms with Crippen LogP contribution in [0.2, 0.25) is 13.3 Å². The average molecular weight is 1240 g/mol. The van der Waals surface area contributed by atoms with Crippen molar-refractivity contribution in [3.63, 3.8) is 0 Å². The molecule has 5 rings (SSSR count). The predicted molar refractivity (Wildman–Crippen MR) is 359 cm³/mol. The van der Waals surface area contributed by atoms with Gasteiger partial charge < -0.3 is 0 Å². The third-order valence-corrected chi connectivity index (χ3v) is 38.7. The summed E-state index contributed by atoms with van der Waals surface area (Å²) in [4.78, 5) is 30.9. The van der Waals surface area contributed by atoms with Gasteiger partial charge in [0, 0.05) is 0 Å². The Labute approximate surface area is 503 Å². The second-order valence-corrected chi connectivity index (χ2v) is 41.7. The maximum absolute atomic E-state index is 15.0. The number of aryl methyl sites for hydroxylation is 1. The van der Waals surface area contributed by atoms with Crippen molar-refractivity contribution >= 4 is 97.6 Å². The van der Waals surface area contributed by atoms with Crippen LogP contribution < -0.4 is 2.89 Å².